The number of ketones is 1. The summed E-state index contributed by atoms with van der Waals surface area (Å²) in [6.07, 6.45) is 16.5. The molecular weight excluding hydrogens is 632 g/mol. The topological polar surface area (TPSA) is 121 Å². The van der Waals surface area contributed by atoms with Gasteiger partial charge in [-0.25, -0.2) is 4.99 Å². The number of aliphatic hydroxyl groups excluding tert-OH is 1. The van der Waals surface area contributed by atoms with E-state index in [2.05, 4.69) is 34.0 Å². The molecule has 1 aromatic carbocycles. The van der Waals surface area contributed by atoms with Crippen molar-refractivity contribution in [1.82, 2.24) is 4.90 Å². The number of nitrogens with one attached hydrogen (secondary N) is 1. The Morgan fingerprint density at radius 2 is 1.42 bits per heavy atom. The van der Waals surface area contributed by atoms with Crippen LogP contribution in [0.1, 0.15) is 96.5 Å². The van der Waals surface area contributed by atoms with Crippen molar-refractivity contribution in [2.24, 2.45) is 4.99 Å². The van der Waals surface area contributed by atoms with Gasteiger partial charge in [-0.1, -0.05) is 65.2 Å². The minimum absolute atomic E-state index is 0.120. The molecule has 270 valence electrons. The number of ether oxygens (including phenoxy) is 2. The maximum Gasteiger partial charge on any atom is 0.246 e. The molecule has 1 aromatic rings. The highest BCUT2D eigenvalue weighted by atomic mass is 16.5. The number of aliphatic imine (C=N–C) groups is 1. The van der Waals surface area contributed by atoms with Crippen molar-refractivity contribution in [2.45, 2.75) is 90.9 Å². The largest absolute Gasteiger partial charge is 0.506 e. The van der Waals surface area contributed by atoms with Gasteiger partial charge in [-0.3, -0.25) is 14.4 Å². The number of hydrogen-bond acceptors (Lipinski definition) is 8. The van der Waals surface area contributed by atoms with Gasteiger partial charge in [0.25, 0.3) is 0 Å². The van der Waals surface area contributed by atoms with Crippen LogP contribution in [0.5, 0.6) is 0 Å². The van der Waals surface area contributed by atoms with Crippen molar-refractivity contribution in [3.05, 3.63) is 64.6 Å². The minimum Gasteiger partial charge on any atom is -0.506 e. The molecule has 10 nitrogen and oxygen atoms in total. The van der Waals surface area contributed by atoms with E-state index < -0.39 is 0 Å². The van der Waals surface area contributed by atoms with E-state index >= 15 is 0 Å². The zero-order chi connectivity index (χ0) is 35.3. The second kappa shape index (κ2) is 18.8. The third-order valence-corrected chi connectivity index (χ3v) is 9.72. The number of hydrogen-bond donors (Lipinski definition) is 2. The van der Waals surface area contributed by atoms with Gasteiger partial charge in [0.1, 0.15) is 5.76 Å². The normalized spacial score (nSPS) is 20.3. The zero-order valence-electron chi connectivity index (χ0n) is 29.9. The summed E-state index contributed by atoms with van der Waals surface area (Å²) >= 11 is 0. The van der Waals surface area contributed by atoms with Gasteiger partial charge in [-0.2, -0.15) is 0 Å². The summed E-state index contributed by atoms with van der Waals surface area (Å²) in [5.74, 6) is -0.867. The third-order valence-electron chi connectivity index (χ3n) is 9.72. The van der Waals surface area contributed by atoms with Crippen molar-refractivity contribution in [3.8, 4) is 0 Å². The Morgan fingerprint density at radius 1 is 0.800 bits per heavy atom. The van der Waals surface area contributed by atoms with Crippen LogP contribution in [0, 0.1) is 0 Å². The first-order chi connectivity index (χ1) is 24.4. The summed E-state index contributed by atoms with van der Waals surface area (Å²) in [7, 11) is 0. The van der Waals surface area contributed by atoms with E-state index in [-0.39, 0.29) is 34.5 Å². The summed E-state index contributed by atoms with van der Waals surface area (Å²) in [4.78, 5) is 49.1. The Labute approximate surface area is 297 Å². The van der Waals surface area contributed by atoms with E-state index in [0.717, 1.165) is 88.7 Å². The van der Waals surface area contributed by atoms with Gasteiger partial charge in [0.15, 0.2) is 0 Å². The van der Waals surface area contributed by atoms with Crippen LogP contribution in [-0.4, -0.2) is 85.9 Å². The van der Waals surface area contributed by atoms with Gasteiger partial charge < -0.3 is 29.7 Å². The Morgan fingerprint density at radius 3 is 2.06 bits per heavy atom. The number of anilines is 2. The number of allylic oxidation sites excluding steroid dienone is 6. The van der Waals surface area contributed by atoms with Gasteiger partial charge in [0.05, 0.1) is 49.0 Å². The maximum absolute atomic E-state index is 14.0. The molecule has 2 amide bonds. The number of unbranched alkanes of at least 4 members (excludes halogenated alkanes) is 8. The lowest BCUT2D eigenvalue weighted by Crippen LogP contribution is -2.36. The van der Waals surface area contributed by atoms with E-state index in [1.54, 1.807) is 12.1 Å². The Kier molecular flexibility index (Phi) is 14.0. The van der Waals surface area contributed by atoms with Gasteiger partial charge in [-0.05, 0) is 49.3 Å². The van der Waals surface area contributed by atoms with Crippen molar-refractivity contribution in [1.29, 1.82) is 0 Å². The highest BCUT2D eigenvalue weighted by molar-refractivity contribution is 6.42. The standard InChI is InChI=1S/C40H54N4O6/c1-3-5-7-9-11-13-35(45)41-33-27-29(43-19-23-49-24-20-43)15-17-31(33)37-39(47)38(40(37)48)32-18-16-30(44-21-25-50-26-22-44)28-34(32)42-36(46)14-12-10-8-6-4-2/h15-18,27-28,47H,3-14,19-26H2,1-2H3,(H,41,45). The lowest BCUT2D eigenvalue weighted by Gasteiger charge is -2.32. The third kappa shape index (κ3) is 9.60. The predicted molar refractivity (Wildman–Crippen MR) is 198 cm³/mol. The lowest BCUT2D eigenvalue weighted by molar-refractivity contribution is -0.118. The molecule has 2 aliphatic heterocycles. The number of amides is 2. The van der Waals surface area contributed by atoms with Crippen LogP contribution in [0.25, 0.3) is 5.57 Å². The van der Waals surface area contributed by atoms with E-state index in [1.165, 1.54) is 0 Å². The van der Waals surface area contributed by atoms with Gasteiger partial charge in [-0.15, -0.1) is 0 Å². The van der Waals surface area contributed by atoms with Crippen LogP contribution >= 0.6 is 0 Å². The maximum atomic E-state index is 14.0. The number of Topliss-reactive ketones (excluding diaryl/α,β-unsaturated/α-hetero) is 1. The molecule has 0 unspecified atom stereocenters. The number of benzene rings is 1. The van der Waals surface area contributed by atoms with Crippen LogP contribution in [-0.2, 0) is 23.9 Å². The number of rotatable bonds is 16. The Balaban J connectivity index is 1.45. The number of morpholine rings is 2. The number of carbonyl (C=O) groups excluding carboxylic acids is 3. The fourth-order valence-electron chi connectivity index (χ4n) is 6.79. The van der Waals surface area contributed by atoms with E-state index in [0.29, 0.717) is 74.9 Å². The zero-order valence-corrected chi connectivity index (χ0v) is 29.9. The number of nitrogens with zero attached hydrogens (tertiary/aromatic N) is 3. The molecule has 0 spiro atoms. The molecule has 2 heterocycles. The lowest BCUT2D eigenvalue weighted by atomic mass is 9.78. The summed E-state index contributed by atoms with van der Waals surface area (Å²) in [5.41, 5.74) is 3.86. The molecule has 4 aliphatic rings. The van der Waals surface area contributed by atoms with Crippen LogP contribution in [0.15, 0.2) is 64.0 Å². The minimum atomic E-state index is -0.348. The van der Waals surface area contributed by atoms with Gasteiger partial charge in [0, 0.05) is 61.5 Å². The average molecular weight is 687 g/mol. The van der Waals surface area contributed by atoms with Gasteiger partial charge in [0.2, 0.25) is 17.6 Å². The molecule has 5 rings (SSSR count). The van der Waals surface area contributed by atoms with Crippen LogP contribution < -0.4 is 10.2 Å². The molecule has 2 aliphatic carbocycles. The van der Waals surface area contributed by atoms with Crippen molar-refractivity contribution >= 4 is 40.3 Å². The van der Waals surface area contributed by atoms with Crippen molar-refractivity contribution < 1.29 is 29.0 Å². The molecular formula is C40H54N4O6. The molecule has 50 heavy (non-hydrogen) atoms. The fraction of sp³-hybridized carbons (Fsp3) is 0.550. The molecule has 2 N–H and O–H groups in total. The van der Waals surface area contributed by atoms with E-state index in [1.807, 2.05) is 24.3 Å². The predicted octanol–water partition coefficient (Wildman–Crippen LogP) is 7.08. The first kappa shape index (κ1) is 37.2. The van der Waals surface area contributed by atoms with E-state index in [4.69, 9.17) is 9.47 Å². The first-order valence-corrected chi connectivity index (χ1v) is 18.7. The molecule has 10 heteroatoms. The summed E-state index contributed by atoms with van der Waals surface area (Å²) in [5, 5.41) is 14.6. The van der Waals surface area contributed by atoms with Crippen LogP contribution in [0.3, 0.4) is 0 Å². The Bertz CT molecular complexity index is 1540. The fourth-order valence-corrected chi connectivity index (χ4v) is 6.79. The van der Waals surface area contributed by atoms with Gasteiger partial charge >= 0.3 is 0 Å². The summed E-state index contributed by atoms with van der Waals surface area (Å²) in [6.45, 7) is 9.63. The highest BCUT2D eigenvalue weighted by Gasteiger charge is 2.39. The van der Waals surface area contributed by atoms with Crippen LogP contribution in [0.2, 0.25) is 0 Å². The number of carbonyl (C=O) groups is 3. The number of aliphatic hydroxyl groups is 1. The molecule has 0 saturated carbocycles. The summed E-state index contributed by atoms with van der Waals surface area (Å²) < 4.78 is 11.1. The monoisotopic (exact) mass is 686 g/mol. The molecule has 0 bridgehead atoms. The second-order valence-corrected chi connectivity index (χ2v) is 13.4. The summed E-state index contributed by atoms with van der Waals surface area (Å²) in [6, 6.07) is 5.61. The molecule has 2 fully saturated rings. The van der Waals surface area contributed by atoms with Crippen molar-refractivity contribution in [2.75, 3.05) is 62.8 Å². The quantitative estimate of drug-likeness (QED) is 0.140. The van der Waals surface area contributed by atoms with E-state index in [9.17, 15) is 19.5 Å². The smallest absolute Gasteiger partial charge is 0.246 e. The first-order valence-electron chi connectivity index (χ1n) is 18.7. The molecule has 0 radical (unpaired) electrons. The molecule has 2 saturated heterocycles. The highest BCUT2D eigenvalue weighted by Crippen LogP contribution is 2.43. The van der Waals surface area contributed by atoms with Crippen molar-refractivity contribution in [3.63, 3.8) is 0 Å². The SMILES string of the molecule is CCCCCCCC(=O)N=C1C=C(N2CCOCC2)C=CC1=C1C(=O)C(c2ccc(N3CCOCC3)cc2NC(=O)CCCCCCC)=C1O. The average Bonchev–Trinajstić information content (AvgIpc) is 3.13. The molecule has 0 atom stereocenters. The van der Waals surface area contributed by atoms with Crippen LogP contribution in [0.4, 0.5) is 11.4 Å². The molecule has 0 aromatic heterocycles. The Hall–Kier alpha value is -4.02. The second-order valence-electron chi connectivity index (χ2n) is 13.4.